The Labute approximate surface area is 615 Å². The highest BCUT2D eigenvalue weighted by Gasteiger charge is 2.35. The van der Waals surface area contributed by atoms with Crippen molar-refractivity contribution in [1.82, 2.24) is 109 Å². The SMILES string of the molecule is C.C1CNCCN1.Cc1nc(N)ncc1-c1nc(N2CCOCC2)c2nc(Cl)n(CC3CC3)c2n1.Cc1nc(N)ncc1-c1nc(N2CCOCC2)c2nc(N3CCN(S(C)(=O)=O)CC3)n(CC3CC3)c2n1.Cc1nc(N)ncc1-c1nc(N2CCOCC2)c2nc(N3CCNCC3)n(CC3CC3)c2n1. The van der Waals surface area contributed by atoms with Crippen molar-refractivity contribution in [3.8, 4) is 34.2 Å². The number of nitrogen functional groups attached to an aromatic ring is 3. The summed E-state index contributed by atoms with van der Waals surface area (Å²) in [6.45, 7) is 27.0. The van der Waals surface area contributed by atoms with Crippen molar-refractivity contribution in [3.05, 3.63) is 41.0 Å². The Kier molecular flexibility index (Phi) is 22.4. The van der Waals surface area contributed by atoms with Crippen LogP contribution in [0.4, 0.5) is 47.2 Å². The quantitative estimate of drug-likeness (QED) is 0.0802. The number of aryl methyl sites for hydroxylation is 3. The van der Waals surface area contributed by atoms with E-state index in [0.717, 1.165) is 189 Å². The predicted octanol–water partition coefficient (Wildman–Crippen LogP) is 3.22. The molecule has 562 valence electrons. The summed E-state index contributed by atoms with van der Waals surface area (Å²) in [6.07, 6.45) is 13.7. The number of sulfonamides is 1. The fourth-order valence-corrected chi connectivity index (χ4v) is 14.8. The summed E-state index contributed by atoms with van der Waals surface area (Å²) >= 11 is 6.50. The Morgan fingerprint density at radius 3 is 1.08 bits per heavy atom. The van der Waals surface area contributed by atoms with E-state index < -0.39 is 10.0 Å². The van der Waals surface area contributed by atoms with Gasteiger partial charge in [0.25, 0.3) is 0 Å². The highest BCUT2D eigenvalue weighted by molar-refractivity contribution is 7.88. The van der Waals surface area contributed by atoms with Crippen LogP contribution in [0.25, 0.3) is 67.7 Å². The number of rotatable bonds is 15. The van der Waals surface area contributed by atoms with Gasteiger partial charge in [-0.1, -0.05) is 7.43 Å². The molecule has 105 heavy (non-hydrogen) atoms. The lowest BCUT2D eigenvalue weighted by atomic mass is 10.2. The molecule has 9 aromatic heterocycles. The number of hydrogen-bond donors (Lipinski definition) is 6. The zero-order valence-electron chi connectivity index (χ0n) is 59.6. The van der Waals surface area contributed by atoms with E-state index in [9.17, 15) is 8.42 Å². The van der Waals surface area contributed by atoms with Crippen LogP contribution in [-0.2, 0) is 43.9 Å². The Morgan fingerprint density at radius 1 is 0.419 bits per heavy atom. The second-order valence-corrected chi connectivity index (χ2v) is 30.2. The number of halogens is 1. The third-order valence-electron chi connectivity index (χ3n) is 20.1. The Hall–Kier alpha value is -8.75. The van der Waals surface area contributed by atoms with Crippen LogP contribution in [0.3, 0.4) is 0 Å². The first-order valence-electron chi connectivity index (χ1n) is 36.4. The van der Waals surface area contributed by atoms with Gasteiger partial charge in [-0.2, -0.15) is 4.31 Å². The van der Waals surface area contributed by atoms with Crippen molar-refractivity contribution in [2.75, 3.05) is 205 Å². The van der Waals surface area contributed by atoms with Crippen molar-refractivity contribution >= 4 is 102 Å². The molecule has 9 fully saturated rings. The average molecular weight is 1480 g/mol. The molecule has 0 amide bonds. The molecule has 0 atom stereocenters. The number of nitrogens with two attached hydrogens (primary N) is 3. The first kappa shape index (κ1) is 73.2. The molecule has 9 N–H and O–H groups in total. The summed E-state index contributed by atoms with van der Waals surface area (Å²) in [5, 5.41) is 10.3. The molecule has 35 nitrogen and oxygen atoms in total. The van der Waals surface area contributed by atoms with Crippen LogP contribution in [0.5, 0.6) is 0 Å². The number of nitrogens with one attached hydrogen (secondary N) is 3. The largest absolute Gasteiger partial charge is 0.378 e. The molecular formula is C68H97ClN30O5S. The Bertz CT molecular complexity index is 4630. The molecule has 15 heterocycles. The van der Waals surface area contributed by atoms with Crippen LogP contribution in [0.2, 0.25) is 5.28 Å². The number of nitrogens with zero attached hydrogens (tertiary/aromatic N) is 24. The van der Waals surface area contributed by atoms with Gasteiger partial charge in [0.15, 0.2) is 68.4 Å². The van der Waals surface area contributed by atoms with Crippen molar-refractivity contribution in [2.24, 2.45) is 17.8 Å². The maximum Gasteiger partial charge on any atom is 0.220 e. The summed E-state index contributed by atoms with van der Waals surface area (Å²) < 4.78 is 48.9. The summed E-state index contributed by atoms with van der Waals surface area (Å²) in [7, 11) is -3.22. The third kappa shape index (κ3) is 16.9. The number of anilines is 8. The average Bonchev–Trinajstić information content (AvgIpc) is 1.61. The van der Waals surface area contributed by atoms with Gasteiger partial charge in [-0.25, -0.2) is 83.2 Å². The first-order chi connectivity index (χ1) is 50.5. The lowest BCUT2D eigenvalue weighted by molar-refractivity contribution is 0.122. The number of aromatic nitrogens is 18. The number of imidazole rings is 3. The van der Waals surface area contributed by atoms with Gasteiger partial charge >= 0.3 is 0 Å². The van der Waals surface area contributed by atoms with Gasteiger partial charge in [-0.3, -0.25) is 13.7 Å². The summed E-state index contributed by atoms with van der Waals surface area (Å²) in [6, 6.07) is 0. The monoisotopic (exact) mass is 1480 g/mol. The van der Waals surface area contributed by atoms with Crippen LogP contribution < -0.4 is 57.7 Å². The van der Waals surface area contributed by atoms with Crippen LogP contribution in [0, 0.1) is 38.5 Å². The van der Waals surface area contributed by atoms with E-state index in [0.29, 0.717) is 125 Å². The van der Waals surface area contributed by atoms with Gasteiger partial charge in [-0.15, -0.1) is 0 Å². The van der Waals surface area contributed by atoms with E-state index >= 15 is 0 Å². The highest BCUT2D eigenvalue weighted by Crippen LogP contribution is 2.41. The summed E-state index contributed by atoms with van der Waals surface area (Å²) in [5.74, 6) is 8.56. The second-order valence-electron chi connectivity index (χ2n) is 27.9. The van der Waals surface area contributed by atoms with Crippen molar-refractivity contribution < 1.29 is 22.6 Å². The maximum atomic E-state index is 12.1. The molecular weight excluding hydrogens is 1380 g/mol. The maximum absolute atomic E-state index is 12.1. The molecule has 3 aliphatic carbocycles. The fourth-order valence-electron chi connectivity index (χ4n) is 13.7. The fraction of sp³-hybridized carbons (Fsp3) is 0.603. The van der Waals surface area contributed by atoms with Gasteiger partial charge in [0.2, 0.25) is 45.0 Å². The van der Waals surface area contributed by atoms with Crippen molar-refractivity contribution in [2.45, 2.75) is 86.4 Å². The molecule has 0 unspecified atom stereocenters. The second kappa shape index (κ2) is 32.1. The number of morpholine rings is 3. The molecule has 0 radical (unpaired) electrons. The Balaban J connectivity index is 0.000000128. The minimum Gasteiger partial charge on any atom is -0.378 e. The molecule has 37 heteroatoms. The number of fused-ring (bicyclic) bond motifs is 3. The number of ether oxygens (including phenoxy) is 3. The Morgan fingerprint density at radius 2 is 0.743 bits per heavy atom. The molecule has 3 saturated carbocycles. The van der Waals surface area contributed by atoms with E-state index in [1.54, 1.807) is 18.6 Å². The van der Waals surface area contributed by atoms with Gasteiger partial charge < -0.3 is 71.9 Å². The van der Waals surface area contributed by atoms with Gasteiger partial charge in [-0.05, 0) is 88.7 Å². The van der Waals surface area contributed by atoms with E-state index in [2.05, 4.69) is 84.5 Å². The number of hydrogen-bond acceptors (Lipinski definition) is 31. The molecule has 0 bridgehead atoms. The van der Waals surface area contributed by atoms with Crippen LogP contribution in [0.15, 0.2) is 18.6 Å². The minimum absolute atomic E-state index is 0. The lowest BCUT2D eigenvalue weighted by Gasteiger charge is -2.34. The number of piperazine rings is 3. The van der Waals surface area contributed by atoms with Crippen molar-refractivity contribution in [3.63, 3.8) is 0 Å². The van der Waals surface area contributed by atoms with Gasteiger partial charge in [0, 0.05) is 156 Å². The lowest BCUT2D eigenvalue weighted by Crippen LogP contribution is -2.49. The smallest absolute Gasteiger partial charge is 0.220 e. The zero-order valence-corrected chi connectivity index (χ0v) is 61.2. The predicted molar refractivity (Wildman–Crippen MR) is 405 cm³/mol. The van der Waals surface area contributed by atoms with Crippen LogP contribution in [-0.4, -0.2) is 265 Å². The molecule has 9 aromatic rings. The molecule has 0 aromatic carbocycles. The standard InChI is InChI=1S/C23H32N10O3S.C22H30N10O.C18H21ClN8O.C4H10N2.CH4/c1-15-17(13-25-22(24)26-15)19-28-20(30-9-11-36-12-10-30)18-21(29-19)33(14-16-3-4-16)23(27-18)31-5-7-32(8-6-31)37(2,34)35;1-14-16(12-25-21(23)26-14)18-28-19(30-8-10-33-11-9-30)17-20(29-18)32(13-15-2-3-15)22(27-17)31-6-4-24-5-7-31;1-10-12(8-21-18(20)22-10)14-24-15(26-4-6-28-7-5-26)13-16(25-14)27(17(19)23-13)9-11-2-3-11;1-2-6-4-3-5-1;/h13,16H,3-12,14H2,1-2H3,(H2,24,25,26);12,15,24H,2-11,13H2,1H3,(H2,23,25,26);8,11H,2-7,9H2,1H3,(H2,20,21,22);5-6H,1-4H2;1H4. The minimum atomic E-state index is -3.22. The van der Waals surface area contributed by atoms with E-state index in [1.807, 2.05) is 25.3 Å². The molecule has 18 rings (SSSR count). The molecule has 6 saturated heterocycles. The highest BCUT2D eigenvalue weighted by atomic mass is 35.5. The van der Waals surface area contributed by atoms with Crippen molar-refractivity contribution in [1.29, 1.82) is 0 Å². The molecule has 9 aliphatic rings. The topological polar surface area (TPSA) is 404 Å². The van der Waals surface area contributed by atoms with Crippen LogP contribution in [0.1, 0.15) is 63.0 Å². The first-order valence-corrected chi connectivity index (χ1v) is 38.6. The van der Waals surface area contributed by atoms with E-state index in [-0.39, 0.29) is 25.3 Å². The summed E-state index contributed by atoms with van der Waals surface area (Å²) in [4.78, 5) is 81.3. The van der Waals surface area contributed by atoms with E-state index in [4.69, 9.17) is 82.9 Å². The van der Waals surface area contributed by atoms with Gasteiger partial charge in [0.1, 0.15) is 0 Å². The van der Waals surface area contributed by atoms with Gasteiger partial charge in [0.05, 0.1) is 79.7 Å². The third-order valence-corrected chi connectivity index (χ3v) is 21.6. The summed E-state index contributed by atoms with van der Waals surface area (Å²) in [5.41, 5.74) is 26.6. The molecule has 0 spiro atoms. The normalized spacial score (nSPS) is 19.0. The van der Waals surface area contributed by atoms with E-state index in [1.165, 1.54) is 49.1 Å². The molecule has 6 aliphatic heterocycles. The zero-order chi connectivity index (χ0) is 71.6. The van der Waals surface area contributed by atoms with Crippen LogP contribution >= 0.6 is 11.6 Å².